The number of carboxylic acid groups (broad SMARTS) is 1. The van der Waals surface area contributed by atoms with Gasteiger partial charge in [0.15, 0.2) is 0 Å². The summed E-state index contributed by atoms with van der Waals surface area (Å²) in [6.07, 6.45) is 3.63. The fourth-order valence-corrected chi connectivity index (χ4v) is 1.41. The molecule has 0 aliphatic carbocycles. The standard InChI is InChI=1S/C11H22N2O3/c1-9(5-4-7-11(15)16)13-10(14)6-2-3-8-12/h9H,2-8,12H2,1H3,(H,13,14)(H,15,16). The molecule has 94 valence electrons. The summed E-state index contributed by atoms with van der Waals surface area (Å²) in [6.45, 7) is 2.50. The van der Waals surface area contributed by atoms with Crippen LogP contribution in [-0.2, 0) is 9.59 Å². The van der Waals surface area contributed by atoms with Gasteiger partial charge >= 0.3 is 5.97 Å². The minimum atomic E-state index is -0.790. The first kappa shape index (κ1) is 14.9. The van der Waals surface area contributed by atoms with Crippen LogP contribution < -0.4 is 11.1 Å². The van der Waals surface area contributed by atoms with Crippen LogP contribution in [0.5, 0.6) is 0 Å². The van der Waals surface area contributed by atoms with E-state index in [4.69, 9.17) is 10.8 Å². The molecule has 4 N–H and O–H groups in total. The Labute approximate surface area is 96.4 Å². The predicted molar refractivity (Wildman–Crippen MR) is 62.0 cm³/mol. The first-order valence-corrected chi connectivity index (χ1v) is 5.77. The third-order valence-corrected chi connectivity index (χ3v) is 2.29. The van der Waals surface area contributed by atoms with Crippen molar-refractivity contribution in [3.8, 4) is 0 Å². The summed E-state index contributed by atoms with van der Waals surface area (Å²) in [5.41, 5.74) is 5.32. The van der Waals surface area contributed by atoms with E-state index in [-0.39, 0.29) is 18.4 Å². The molecule has 0 aromatic rings. The van der Waals surface area contributed by atoms with E-state index in [0.29, 0.717) is 25.8 Å². The van der Waals surface area contributed by atoms with Crippen molar-refractivity contribution in [3.63, 3.8) is 0 Å². The smallest absolute Gasteiger partial charge is 0.303 e. The third kappa shape index (κ3) is 9.45. The normalized spacial score (nSPS) is 12.1. The molecule has 1 atom stereocenters. The molecule has 0 saturated heterocycles. The number of carbonyl (C=O) groups is 2. The molecule has 0 aromatic heterocycles. The van der Waals surface area contributed by atoms with Gasteiger partial charge in [0.05, 0.1) is 0 Å². The number of carbonyl (C=O) groups excluding carboxylic acids is 1. The fourth-order valence-electron chi connectivity index (χ4n) is 1.41. The summed E-state index contributed by atoms with van der Waals surface area (Å²) in [5, 5.41) is 11.3. The van der Waals surface area contributed by atoms with E-state index in [0.717, 1.165) is 12.8 Å². The Hall–Kier alpha value is -1.10. The lowest BCUT2D eigenvalue weighted by Gasteiger charge is -2.12. The molecule has 0 heterocycles. The van der Waals surface area contributed by atoms with Gasteiger partial charge in [-0.3, -0.25) is 9.59 Å². The maximum Gasteiger partial charge on any atom is 0.303 e. The average molecular weight is 230 g/mol. The first-order valence-electron chi connectivity index (χ1n) is 5.77. The SMILES string of the molecule is CC(CCCC(=O)O)NC(=O)CCCCN. The Morgan fingerprint density at radius 1 is 1.25 bits per heavy atom. The fraction of sp³-hybridized carbons (Fsp3) is 0.818. The lowest BCUT2D eigenvalue weighted by Crippen LogP contribution is -2.32. The van der Waals surface area contributed by atoms with Crippen LogP contribution in [0.25, 0.3) is 0 Å². The van der Waals surface area contributed by atoms with Gasteiger partial charge in [0.1, 0.15) is 0 Å². The number of rotatable bonds is 9. The molecule has 0 fully saturated rings. The van der Waals surface area contributed by atoms with Crippen LogP contribution in [0.4, 0.5) is 0 Å². The lowest BCUT2D eigenvalue weighted by atomic mass is 10.1. The van der Waals surface area contributed by atoms with E-state index >= 15 is 0 Å². The Bertz CT molecular complexity index is 219. The monoisotopic (exact) mass is 230 g/mol. The van der Waals surface area contributed by atoms with Crippen LogP contribution in [0.3, 0.4) is 0 Å². The van der Waals surface area contributed by atoms with Gasteiger partial charge in [-0.2, -0.15) is 0 Å². The first-order chi connectivity index (χ1) is 7.56. The summed E-state index contributed by atoms with van der Waals surface area (Å²) in [5.74, 6) is -0.766. The summed E-state index contributed by atoms with van der Waals surface area (Å²) in [4.78, 5) is 21.6. The van der Waals surface area contributed by atoms with Crippen molar-refractivity contribution in [1.29, 1.82) is 0 Å². The number of hydrogen-bond donors (Lipinski definition) is 3. The molecule has 16 heavy (non-hydrogen) atoms. The van der Waals surface area contributed by atoms with Crippen LogP contribution >= 0.6 is 0 Å². The minimum Gasteiger partial charge on any atom is -0.481 e. The zero-order valence-electron chi connectivity index (χ0n) is 9.87. The van der Waals surface area contributed by atoms with Crippen molar-refractivity contribution in [2.24, 2.45) is 5.73 Å². The van der Waals surface area contributed by atoms with Gasteiger partial charge in [0.2, 0.25) is 5.91 Å². The number of nitrogens with one attached hydrogen (secondary N) is 1. The highest BCUT2D eigenvalue weighted by molar-refractivity contribution is 5.76. The van der Waals surface area contributed by atoms with E-state index in [2.05, 4.69) is 5.32 Å². The van der Waals surface area contributed by atoms with E-state index in [1.165, 1.54) is 0 Å². The molecule has 0 aliphatic heterocycles. The molecule has 0 aromatic carbocycles. The summed E-state index contributed by atoms with van der Waals surface area (Å²) in [7, 11) is 0. The quantitative estimate of drug-likeness (QED) is 0.512. The minimum absolute atomic E-state index is 0.0243. The number of nitrogens with two attached hydrogens (primary N) is 1. The topological polar surface area (TPSA) is 92.4 Å². The second kappa shape index (κ2) is 9.15. The summed E-state index contributed by atoms with van der Waals surface area (Å²) < 4.78 is 0. The molecule has 0 aliphatic rings. The van der Waals surface area contributed by atoms with E-state index in [1.807, 2.05) is 6.92 Å². The molecular weight excluding hydrogens is 208 g/mol. The van der Waals surface area contributed by atoms with Gasteiger partial charge < -0.3 is 16.2 Å². The highest BCUT2D eigenvalue weighted by Crippen LogP contribution is 2.01. The molecule has 5 nitrogen and oxygen atoms in total. The molecule has 0 spiro atoms. The van der Waals surface area contributed by atoms with E-state index in [1.54, 1.807) is 0 Å². The highest BCUT2D eigenvalue weighted by atomic mass is 16.4. The third-order valence-electron chi connectivity index (χ3n) is 2.29. The maximum atomic E-state index is 11.4. The van der Waals surface area contributed by atoms with Crippen molar-refractivity contribution in [2.45, 2.75) is 51.5 Å². The molecule has 0 rings (SSSR count). The Balaban J connectivity index is 3.50. The van der Waals surface area contributed by atoms with Crippen molar-refractivity contribution >= 4 is 11.9 Å². The second-order valence-electron chi connectivity index (χ2n) is 4.00. The van der Waals surface area contributed by atoms with Gasteiger partial charge in [0, 0.05) is 18.9 Å². The number of carboxylic acids is 1. The highest BCUT2D eigenvalue weighted by Gasteiger charge is 2.07. The molecular formula is C11H22N2O3. The molecule has 1 unspecified atom stereocenters. The van der Waals surface area contributed by atoms with Crippen LogP contribution in [0.15, 0.2) is 0 Å². The Kier molecular flexibility index (Phi) is 8.52. The van der Waals surface area contributed by atoms with Gasteiger partial charge in [0.25, 0.3) is 0 Å². The van der Waals surface area contributed by atoms with Crippen molar-refractivity contribution < 1.29 is 14.7 Å². The second-order valence-corrected chi connectivity index (χ2v) is 4.00. The zero-order valence-corrected chi connectivity index (χ0v) is 9.87. The molecule has 0 saturated carbocycles. The largest absolute Gasteiger partial charge is 0.481 e. The van der Waals surface area contributed by atoms with Gasteiger partial charge in [-0.1, -0.05) is 0 Å². The molecule has 0 radical (unpaired) electrons. The summed E-state index contributed by atoms with van der Waals surface area (Å²) >= 11 is 0. The van der Waals surface area contributed by atoms with Crippen LogP contribution in [0.1, 0.15) is 45.4 Å². The number of unbranched alkanes of at least 4 members (excludes halogenated alkanes) is 1. The predicted octanol–water partition coefficient (Wildman–Crippen LogP) is 0.875. The van der Waals surface area contributed by atoms with Crippen LogP contribution in [0, 0.1) is 0 Å². The van der Waals surface area contributed by atoms with E-state index in [9.17, 15) is 9.59 Å². The van der Waals surface area contributed by atoms with Crippen molar-refractivity contribution in [2.75, 3.05) is 6.54 Å². The average Bonchev–Trinajstić information content (AvgIpc) is 2.17. The molecule has 5 heteroatoms. The van der Waals surface area contributed by atoms with Crippen molar-refractivity contribution in [3.05, 3.63) is 0 Å². The van der Waals surface area contributed by atoms with Crippen LogP contribution in [-0.4, -0.2) is 29.6 Å². The number of amides is 1. The zero-order chi connectivity index (χ0) is 12.4. The Morgan fingerprint density at radius 3 is 2.50 bits per heavy atom. The van der Waals surface area contributed by atoms with E-state index < -0.39 is 5.97 Å². The number of aliphatic carboxylic acids is 1. The van der Waals surface area contributed by atoms with Gasteiger partial charge in [-0.25, -0.2) is 0 Å². The maximum absolute atomic E-state index is 11.4. The van der Waals surface area contributed by atoms with Crippen LogP contribution in [0.2, 0.25) is 0 Å². The van der Waals surface area contributed by atoms with Gasteiger partial charge in [-0.15, -0.1) is 0 Å². The number of hydrogen-bond acceptors (Lipinski definition) is 3. The summed E-state index contributed by atoms with van der Waals surface area (Å²) in [6, 6.07) is 0.0460. The van der Waals surface area contributed by atoms with Crippen molar-refractivity contribution in [1.82, 2.24) is 5.32 Å². The molecule has 0 bridgehead atoms. The lowest BCUT2D eigenvalue weighted by molar-refractivity contribution is -0.137. The van der Waals surface area contributed by atoms with Gasteiger partial charge in [-0.05, 0) is 39.2 Å². The Morgan fingerprint density at radius 2 is 1.94 bits per heavy atom. The molecule has 1 amide bonds.